The maximum absolute atomic E-state index is 12.3. The van der Waals surface area contributed by atoms with Crippen LogP contribution < -0.4 is 10.1 Å². The lowest BCUT2D eigenvalue weighted by Crippen LogP contribution is -2.17. The summed E-state index contributed by atoms with van der Waals surface area (Å²) in [4.78, 5) is 12.9. The highest BCUT2D eigenvalue weighted by Crippen LogP contribution is 2.26. The third-order valence-electron chi connectivity index (χ3n) is 3.91. The van der Waals surface area contributed by atoms with Crippen molar-refractivity contribution >= 4 is 11.6 Å². The first kappa shape index (κ1) is 19.9. The average molecular weight is 368 g/mol. The highest BCUT2D eigenvalue weighted by molar-refractivity contribution is 5.53. The normalized spacial score (nSPS) is 12.7. The Hall–Kier alpha value is -2.38. The fourth-order valence-corrected chi connectivity index (χ4v) is 2.60. The standard InChI is InChI=1S/C18H23F3N4O/c1-3-5-6-7-13(4-2)17-23-11-9-15(25-17)24-16-12-14(8-10-22-16)26-18(19,20)21/h8-13H,3-7H2,1-2H3,(H,22,23,24,25). The lowest BCUT2D eigenvalue weighted by Gasteiger charge is -2.14. The Morgan fingerprint density at radius 2 is 1.85 bits per heavy atom. The number of ether oxygens (including phenoxy) is 1. The molecule has 0 aliphatic rings. The van der Waals surface area contributed by atoms with E-state index in [0.717, 1.165) is 37.6 Å². The number of unbranched alkanes of at least 4 members (excludes halogenated alkanes) is 2. The summed E-state index contributed by atoms with van der Waals surface area (Å²) >= 11 is 0. The van der Waals surface area contributed by atoms with E-state index < -0.39 is 6.36 Å². The predicted octanol–water partition coefficient (Wildman–Crippen LogP) is 5.59. The lowest BCUT2D eigenvalue weighted by atomic mass is 9.98. The number of nitrogens with one attached hydrogen (secondary N) is 1. The molecular weight excluding hydrogens is 345 g/mol. The zero-order chi connectivity index (χ0) is 19.0. The smallest absolute Gasteiger partial charge is 0.406 e. The van der Waals surface area contributed by atoms with Gasteiger partial charge in [-0.2, -0.15) is 0 Å². The van der Waals surface area contributed by atoms with Crippen molar-refractivity contribution in [3.05, 3.63) is 36.4 Å². The predicted molar refractivity (Wildman–Crippen MR) is 93.4 cm³/mol. The summed E-state index contributed by atoms with van der Waals surface area (Å²) in [6.45, 7) is 4.26. The Kier molecular flexibility index (Phi) is 7.17. The van der Waals surface area contributed by atoms with E-state index in [1.165, 1.54) is 18.7 Å². The highest BCUT2D eigenvalue weighted by atomic mass is 19.4. The molecule has 142 valence electrons. The molecule has 0 saturated carbocycles. The second-order valence-corrected chi connectivity index (χ2v) is 5.95. The van der Waals surface area contributed by atoms with Gasteiger partial charge in [-0.05, 0) is 25.0 Å². The molecule has 0 bridgehead atoms. The number of anilines is 2. The van der Waals surface area contributed by atoms with Gasteiger partial charge in [0.15, 0.2) is 0 Å². The molecule has 0 aliphatic carbocycles. The minimum Gasteiger partial charge on any atom is -0.406 e. The Labute approximate surface area is 151 Å². The minimum atomic E-state index is -4.74. The zero-order valence-corrected chi connectivity index (χ0v) is 14.9. The molecule has 5 nitrogen and oxygen atoms in total. The molecular formula is C18H23F3N4O. The van der Waals surface area contributed by atoms with Crippen LogP contribution in [0.2, 0.25) is 0 Å². The van der Waals surface area contributed by atoms with Gasteiger partial charge in [-0.1, -0.05) is 33.1 Å². The van der Waals surface area contributed by atoms with Crippen LogP contribution in [0.4, 0.5) is 24.8 Å². The molecule has 26 heavy (non-hydrogen) atoms. The highest BCUT2D eigenvalue weighted by Gasteiger charge is 2.31. The third-order valence-corrected chi connectivity index (χ3v) is 3.91. The number of halogens is 3. The van der Waals surface area contributed by atoms with E-state index >= 15 is 0 Å². The monoisotopic (exact) mass is 368 g/mol. The summed E-state index contributed by atoms with van der Waals surface area (Å²) in [5.41, 5.74) is 0. The van der Waals surface area contributed by atoms with Crippen molar-refractivity contribution in [2.24, 2.45) is 0 Å². The molecule has 2 aromatic heterocycles. The topological polar surface area (TPSA) is 59.9 Å². The van der Waals surface area contributed by atoms with Crippen LogP contribution in [0.25, 0.3) is 0 Å². The first-order valence-corrected chi connectivity index (χ1v) is 8.73. The largest absolute Gasteiger partial charge is 0.573 e. The summed E-state index contributed by atoms with van der Waals surface area (Å²) in [6.07, 6.45) is 3.53. The molecule has 0 aromatic carbocycles. The second-order valence-electron chi connectivity index (χ2n) is 5.95. The minimum absolute atomic E-state index is 0.218. The van der Waals surface area contributed by atoms with E-state index in [4.69, 9.17) is 0 Å². The van der Waals surface area contributed by atoms with Gasteiger partial charge in [-0.25, -0.2) is 15.0 Å². The quantitative estimate of drug-likeness (QED) is 0.585. The zero-order valence-electron chi connectivity index (χ0n) is 14.9. The number of nitrogens with zero attached hydrogens (tertiary/aromatic N) is 3. The van der Waals surface area contributed by atoms with Gasteiger partial charge in [0, 0.05) is 24.4 Å². The van der Waals surface area contributed by atoms with Crippen LogP contribution in [-0.4, -0.2) is 21.3 Å². The van der Waals surface area contributed by atoms with E-state index in [1.807, 2.05) is 0 Å². The summed E-state index contributed by atoms with van der Waals surface area (Å²) in [5, 5.41) is 2.91. The van der Waals surface area contributed by atoms with Crippen LogP contribution in [0.5, 0.6) is 5.75 Å². The first-order chi connectivity index (χ1) is 12.4. The van der Waals surface area contributed by atoms with Crippen molar-refractivity contribution < 1.29 is 17.9 Å². The maximum atomic E-state index is 12.3. The Morgan fingerprint density at radius 1 is 1.08 bits per heavy atom. The summed E-state index contributed by atoms with van der Waals surface area (Å²) in [6, 6.07) is 3.97. The number of aromatic nitrogens is 3. The summed E-state index contributed by atoms with van der Waals surface area (Å²) in [5.74, 6) is 1.36. The number of hydrogen-bond acceptors (Lipinski definition) is 5. The van der Waals surface area contributed by atoms with Crippen molar-refractivity contribution in [1.29, 1.82) is 0 Å². The van der Waals surface area contributed by atoms with Gasteiger partial charge >= 0.3 is 6.36 Å². The average Bonchev–Trinajstić information content (AvgIpc) is 2.58. The second kappa shape index (κ2) is 9.35. The van der Waals surface area contributed by atoms with E-state index in [0.29, 0.717) is 5.82 Å². The summed E-state index contributed by atoms with van der Waals surface area (Å²) < 4.78 is 40.9. The Bertz CT molecular complexity index is 694. The number of hydrogen-bond donors (Lipinski definition) is 1. The van der Waals surface area contributed by atoms with Gasteiger partial charge < -0.3 is 10.1 Å². The van der Waals surface area contributed by atoms with Gasteiger partial charge in [0.1, 0.15) is 23.2 Å². The van der Waals surface area contributed by atoms with Crippen LogP contribution in [-0.2, 0) is 0 Å². The van der Waals surface area contributed by atoms with Crippen molar-refractivity contribution in [2.45, 2.75) is 58.2 Å². The fraction of sp³-hybridized carbons (Fsp3) is 0.500. The molecule has 0 fully saturated rings. The number of rotatable bonds is 9. The van der Waals surface area contributed by atoms with Crippen LogP contribution in [0, 0.1) is 0 Å². The fourth-order valence-electron chi connectivity index (χ4n) is 2.60. The Balaban J connectivity index is 2.09. The number of alkyl halides is 3. The molecule has 0 radical (unpaired) electrons. The van der Waals surface area contributed by atoms with E-state index in [1.54, 1.807) is 12.3 Å². The third kappa shape index (κ3) is 6.50. The molecule has 2 aromatic rings. The molecule has 8 heteroatoms. The molecule has 1 unspecified atom stereocenters. The van der Waals surface area contributed by atoms with E-state index in [2.05, 4.69) is 38.9 Å². The van der Waals surface area contributed by atoms with Crippen molar-refractivity contribution in [3.8, 4) is 5.75 Å². The molecule has 0 spiro atoms. The molecule has 2 rings (SSSR count). The van der Waals surface area contributed by atoms with Gasteiger partial charge in [-0.3, -0.25) is 0 Å². The molecule has 0 amide bonds. The molecule has 1 atom stereocenters. The van der Waals surface area contributed by atoms with Gasteiger partial charge in [-0.15, -0.1) is 13.2 Å². The van der Waals surface area contributed by atoms with Crippen molar-refractivity contribution in [3.63, 3.8) is 0 Å². The van der Waals surface area contributed by atoms with Gasteiger partial charge in [0.05, 0.1) is 0 Å². The maximum Gasteiger partial charge on any atom is 0.573 e. The van der Waals surface area contributed by atoms with Crippen LogP contribution in [0.1, 0.15) is 57.7 Å². The SMILES string of the molecule is CCCCCC(CC)c1nccc(Nc2cc(OC(F)(F)F)ccn2)n1. The number of pyridine rings is 1. The first-order valence-electron chi connectivity index (χ1n) is 8.73. The molecule has 0 aliphatic heterocycles. The van der Waals surface area contributed by atoms with Crippen LogP contribution in [0.3, 0.4) is 0 Å². The summed E-state index contributed by atoms with van der Waals surface area (Å²) in [7, 11) is 0. The van der Waals surface area contributed by atoms with Gasteiger partial charge in [0.2, 0.25) is 0 Å². The molecule has 1 N–H and O–H groups in total. The Morgan fingerprint density at radius 3 is 2.54 bits per heavy atom. The molecule has 0 saturated heterocycles. The van der Waals surface area contributed by atoms with Crippen molar-refractivity contribution in [1.82, 2.24) is 15.0 Å². The lowest BCUT2D eigenvalue weighted by molar-refractivity contribution is -0.274. The van der Waals surface area contributed by atoms with Crippen LogP contribution >= 0.6 is 0 Å². The van der Waals surface area contributed by atoms with Gasteiger partial charge in [0.25, 0.3) is 0 Å². The van der Waals surface area contributed by atoms with Crippen LogP contribution in [0.15, 0.2) is 30.6 Å². The van der Waals surface area contributed by atoms with Crippen molar-refractivity contribution in [2.75, 3.05) is 5.32 Å². The molecule has 2 heterocycles. The van der Waals surface area contributed by atoms with E-state index in [-0.39, 0.29) is 17.5 Å². The van der Waals surface area contributed by atoms with E-state index in [9.17, 15) is 13.2 Å².